The summed E-state index contributed by atoms with van der Waals surface area (Å²) in [6.45, 7) is 0. The number of phenols is 1. The first-order valence-electron chi connectivity index (χ1n) is 5.26. The Balaban J connectivity index is 2.34. The van der Waals surface area contributed by atoms with Crippen LogP contribution in [0, 0.1) is 0 Å². The first-order valence-corrected chi connectivity index (χ1v) is 5.64. The number of amides is 1. The molecule has 0 spiro atoms. The van der Waals surface area contributed by atoms with Crippen molar-refractivity contribution in [2.24, 2.45) is 0 Å². The molecule has 1 N–H and O–H groups in total. The van der Waals surface area contributed by atoms with Crippen molar-refractivity contribution in [1.29, 1.82) is 0 Å². The topological polar surface area (TPSA) is 53.4 Å². The number of pyridine rings is 1. The lowest BCUT2D eigenvalue weighted by atomic mass is 10.2. The number of benzene rings is 1. The molecule has 0 unspecified atom stereocenters. The van der Waals surface area contributed by atoms with Gasteiger partial charge in [0.05, 0.1) is 22.5 Å². The molecule has 0 aliphatic rings. The van der Waals surface area contributed by atoms with Gasteiger partial charge in [0.1, 0.15) is 5.75 Å². The number of aromatic nitrogens is 1. The summed E-state index contributed by atoms with van der Waals surface area (Å²) >= 11 is 5.95. The SMILES string of the molecule is CN(C(=O)c1cc(O)ccc1Cl)c1cccnc1. The molecule has 0 atom stereocenters. The maximum Gasteiger partial charge on any atom is 0.259 e. The monoisotopic (exact) mass is 262 g/mol. The number of hydrogen-bond acceptors (Lipinski definition) is 3. The summed E-state index contributed by atoms with van der Waals surface area (Å²) in [4.78, 5) is 17.6. The lowest BCUT2D eigenvalue weighted by Crippen LogP contribution is -2.26. The Morgan fingerprint density at radius 2 is 2.17 bits per heavy atom. The van der Waals surface area contributed by atoms with Gasteiger partial charge >= 0.3 is 0 Å². The molecule has 0 saturated heterocycles. The second-order valence-corrected chi connectivity index (χ2v) is 4.15. The zero-order chi connectivity index (χ0) is 13.1. The Bertz CT molecular complexity index is 572. The van der Waals surface area contributed by atoms with Crippen LogP contribution in [0.5, 0.6) is 5.75 Å². The summed E-state index contributed by atoms with van der Waals surface area (Å²) in [6.07, 6.45) is 3.21. The van der Waals surface area contributed by atoms with Crippen LogP contribution >= 0.6 is 11.6 Å². The smallest absolute Gasteiger partial charge is 0.259 e. The van der Waals surface area contributed by atoms with Crippen LogP contribution < -0.4 is 4.90 Å². The van der Waals surface area contributed by atoms with Gasteiger partial charge in [-0.3, -0.25) is 9.78 Å². The van der Waals surface area contributed by atoms with Crippen molar-refractivity contribution in [3.8, 4) is 5.75 Å². The highest BCUT2D eigenvalue weighted by atomic mass is 35.5. The second kappa shape index (κ2) is 5.06. The molecule has 5 heteroatoms. The molecular weight excluding hydrogens is 252 g/mol. The molecule has 1 aromatic carbocycles. The Morgan fingerprint density at radius 3 is 2.83 bits per heavy atom. The van der Waals surface area contributed by atoms with Gasteiger partial charge in [0, 0.05) is 13.2 Å². The molecule has 1 amide bonds. The molecule has 1 heterocycles. The molecule has 2 rings (SSSR count). The van der Waals surface area contributed by atoms with E-state index in [0.717, 1.165) is 0 Å². The van der Waals surface area contributed by atoms with E-state index in [0.29, 0.717) is 10.7 Å². The third-order valence-corrected chi connectivity index (χ3v) is 2.85. The Labute approximate surface area is 109 Å². The summed E-state index contributed by atoms with van der Waals surface area (Å²) in [5.41, 5.74) is 0.907. The van der Waals surface area contributed by atoms with Crippen LogP contribution in [0.4, 0.5) is 5.69 Å². The molecule has 0 saturated carbocycles. The zero-order valence-electron chi connectivity index (χ0n) is 9.67. The van der Waals surface area contributed by atoms with Gasteiger partial charge in [-0.1, -0.05) is 11.6 Å². The number of phenolic OH excluding ortho intramolecular Hbond substituents is 1. The lowest BCUT2D eigenvalue weighted by molar-refractivity contribution is 0.0992. The van der Waals surface area contributed by atoms with Crippen LogP contribution in [0.15, 0.2) is 42.7 Å². The van der Waals surface area contributed by atoms with Crippen LogP contribution in [0.1, 0.15) is 10.4 Å². The fourth-order valence-corrected chi connectivity index (χ4v) is 1.73. The summed E-state index contributed by atoms with van der Waals surface area (Å²) in [7, 11) is 1.62. The number of anilines is 1. The first kappa shape index (κ1) is 12.4. The normalized spacial score (nSPS) is 10.1. The lowest BCUT2D eigenvalue weighted by Gasteiger charge is -2.17. The number of rotatable bonds is 2. The molecule has 0 bridgehead atoms. The van der Waals surface area contributed by atoms with E-state index < -0.39 is 0 Å². The number of halogens is 1. The highest BCUT2D eigenvalue weighted by Gasteiger charge is 2.17. The maximum atomic E-state index is 12.2. The predicted molar refractivity (Wildman–Crippen MR) is 70.1 cm³/mol. The quantitative estimate of drug-likeness (QED) is 0.905. The third-order valence-electron chi connectivity index (χ3n) is 2.52. The number of carbonyl (C=O) groups excluding carboxylic acids is 1. The third kappa shape index (κ3) is 2.43. The van der Waals surface area contributed by atoms with Gasteiger partial charge in [0.15, 0.2) is 0 Å². The van der Waals surface area contributed by atoms with Crippen LogP contribution in [0.2, 0.25) is 5.02 Å². The van der Waals surface area contributed by atoms with Gasteiger partial charge in [-0.2, -0.15) is 0 Å². The Hall–Kier alpha value is -2.07. The van der Waals surface area contributed by atoms with Crippen molar-refractivity contribution in [2.45, 2.75) is 0 Å². The van der Waals surface area contributed by atoms with Crippen molar-refractivity contribution < 1.29 is 9.90 Å². The first-order chi connectivity index (χ1) is 8.59. The van der Waals surface area contributed by atoms with Gasteiger partial charge < -0.3 is 10.0 Å². The minimum atomic E-state index is -0.302. The molecule has 0 aliphatic carbocycles. The molecular formula is C13H11ClN2O2. The van der Waals surface area contributed by atoms with Crippen LogP contribution in [0.25, 0.3) is 0 Å². The second-order valence-electron chi connectivity index (χ2n) is 3.74. The van der Waals surface area contributed by atoms with Crippen LogP contribution in [-0.4, -0.2) is 23.0 Å². The summed E-state index contributed by atoms with van der Waals surface area (Å²) in [6, 6.07) is 7.77. The van der Waals surface area contributed by atoms with E-state index in [1.165, 1.54) is 23.1 Å². The van der Waals surface area contributed by atoms with Gasteiger partial charge in [-0.25, -0.2) is 0 Å². The van der Waals surface area contributed by atoms with E-state index in [1.807, 2.05) is 0 Å². The van der Waals surface area contributed by atoms with Crippen molar-refractivity contribution >= 4 is 23.2 Å². The number of aromatic hydroxyl groups is 1. The van der Waals surface area contributed by atoms with E-state index in [9.17, 15) is 9.90 Å². The number of hydrogen-bond donors (Lipinski definition) is 1. The predicted octanol–water partition coefficient (Wildman–Crippen LogP) is 2.72. The van der Waals surface area contributed by atoms with Crippen molar-refractivity contribution in [2.75, 3.05) is 11.9 Å². The summed E-state index contributed by atoms with van der Waals surface area (Å²) in [5, 5.41) is 9.70. The average molecular weight is 263 g/mol. The Morgan fingerprint density at radius 1 is 1.39 bits per heavy atom. The fraction of sp³-hybridized carbons (Fsp3) is 0.0769. The van der Waals surface area contributed by atoms with E-state index in [1.54, 1.807) is 31.6 Å². The summed E-state index contributed by atoms with van der Waals surface area (Å²) < 4.78 is 0. The molecule has 1 aromatic heterocycles. The largest absolute Gasteiger partial charge is 0.508 e. The van der Waals surface area contributed by atoms with Crippen LogP contribution in [0.3, 0.4) is 0 Å². The molecule has 92 valence electrons. The van der Waals surface area contributed by atoms with Gasteiger partial charge in [0.25, 0.3) is 5.91 Å². The molecule has 18 heavy (non-hydrogen) atoms. The van der Waals surface area contributed by atoms with E-state index in [-0.39, 0.29) is 17.2 Å². The number of nitrogens with zero attached hydrogens (tertiary/aromatic N) is 2. The number of carbonyl (C=O) groups is 1. The zero-order valence-corrected chi connectivity index (χ0v) is 10.4. The average Bonchev–Trinajstić information content (AvgIpc) is 2.41. The molecule has 4 nitrogen and oxygen atoms in total. The minimum absolute atomic E-state index is 0.00216. The van der Waals surface area contributed by atoms with Crippen LogP contribution in [-0.2, 0) is 0 Å². The van der Waals surface area contributed by atoms with Crippen molar-refractivity contribution in [3.63, 3.8) is 0 Å². The van der Waals surface area contributed by atoms with Gasteiger partial charge in [-0.15, -0.1) is 0 Å². The van der Waals surface area contributed by atoms with Crippen molar-refractivity contribution in [1.82, 2.24) is 4.98 Å². The summed E-state index contributed by atoms with van der Waals surface area (Å²) in [5.74, 6) is -0.300. The molecule has 0 aliphatic heterocycles. The van der Waals surface area contributed by atoms with E-state index in [4.69, 9.17) is 11.6 Å². The van der Waals surface area contributed by atoms with E-state index >= 15 is 0 Å². The van der Waals surface area contributed by atoms with Gasteiger partial charge in [-0.05, 0) is 30.3 Å². The molecule has 2 aromatic rings. The maximum absolute atomic E-state index is 12.2. The van der Waals surface area contributed by atoms with Crippen molar-refractivity contribution in [3.05, 3.63) is 53.3 Å². The highest BCUT2D eigenvalue weighted by molar-refractivity contribution is 6.34. The van der Waals surface area contributed by atoms with Gasteiger partial charge in [0.2, 0.25) is 0 Å². The highest BCUT2D eigenvalue weighted by Crippen LogP contribution is 2.24. The Kier molecular flexibility index (Phi) is 3.48. The standard InChI is InChI=1S/C13H11ClN2O2/c1-16(9-3-2-6-15-8-9)13(18)11-7-10(17)4-5-12(11)14/h2-8,17H,1H3. The molecule has 0 radical (unpaired) electrons. The minimum Gasteiger partial charge on any atom is -0.508 e. The fourth-order valence-electron chi connectivity index (χ4n) is 1.53. The van der Waals surface area contributed by atoms with E-state index in [2.05, 4.69) is 4.98 Å². The molecule has 0 fully saturated rings.